The first-order valence-electron chi connectivity index (χ1n) is 5.79. The van der Waals surface area contributed by atoms with E-state index in [4.69, 9.17) is 0 Å². The summed E-state index contributed by atoms with van der Waals surface area (Å²) in [6, 6.07) is 0.947. The smallest absolute Gasteiger partial charge is 0.328 e. The predicted molar refractivity (Wildman–Crippen MR) is 72.8 cm³/mol. The van der Waals surface area contributed by atoms with Crippen LogP contribution in [0.15, 0.2) is 15.8 Å². The first kappa shape index (κ1) is 14.4. The number of hydrogen-bond donors (Lipinski definition) is 2. The molecule has 1 aromatic heterocycles. The molecule has 18 heavy (non-hydrogen) atoms. The Morgan fingerprint density at radius 3 is 2.56 bits per heavy atom. The van der Waals surface area contributed by atoms with Gasteiger partial charge in [0, 0.05) is 27.9 Å². The summed E-state index contributed by atoms with van der Waals surface area (Å²) in [5, 5.41) is 2.70. The van der Waals surface area contributed by atoms with Crippen LogP contribution in [-0.4, -0.2) is 30.1 Å². The number of aromatic amines is 1. The van der Waals surface area contributed by atoms with E-state index in [0.717, 1.165) is 6.04 Å². The van der Waals surface area contributed by atoms with E-state index in [9.17, 15) is 14.4 Å². The highest BCUT2D eigenvalue weighted by Gasteiger charge is 2.15. The molecule has 100 valence electrons. The minimum Gasteiger partial charge on any atom is -0.352 e. The van der Waals surface area contributed by atoms with Gasteiger partial charge in [-0.1, -0.05) is 19.6 Å². The molecule has 0 radical (unpaired) electrons. The zero-order chi connectivity index (χ0) is 13.9. The molecule has 0 saturated heterocycles. The standard InChI is InChI=1S/C11H19N3O3Si/c1-14-7-8(10(16)13-11(14)17)9(15)12-5-6-18(2,3)4/h7H,5-6H2,1-4H3,(H,12,15)(H,13,16,17). The van der Waals surface area contributed by atoms with Crippen molar-refractivity contribution in [2.45, 2.75) is 25.7 Å². The van der Waals surface area contributed by atoms with Crippen molar-refractivity contribution in [3.05, 3.63) is 32.6 Å². The highest BCUT2D eigenvalue weighted by Crippen LogP contribution is 2.05. The molecule has 0 aliphatic carbocycles. The Hall–Kier alpha value is -1.63. The lowest BCUT2D eigenvalue weighted by Gasteiger charge is -2.15. The molecule has 2 N–H and O–H groups in total. The molecule has 1 amide bonds. The molecule has 0 unspecified atom stereocenters. The monoisotopic (exact) mass is 269 g/mol. The van der Waals surface area contributed by atoms with Gasteiger partial charge in [-0.25, -0.2) is 4.79 Å². The zero-order valence-corrected chi connectivity index (χ0v) is 12.2. The maximum absolute atomic E-state index is 11.8. The van der Waals surface area contributed by atoms with E-state index < -0.39 is 25.2 Å². The highest BCUT2D eigenvalue weighted by molar-refractivity contribution is 6.76. The molecular formula is C11H19N3O3Si. The van der Waals surface area contributed by atoms with E-state index in [1.807, 2.05) is 0 Å². The molecule has 0 aliphatic rings. The van der Waals surface area contributed by atoms with Gasteiger partial charge < -0.3 is 9.88 Å². The molecule has 0 saturated carbocycles. The third-order valence-electron chi connectivity index (χ3n) is 2.51. The Morgan fingerprint density at radius 1 is 1.39 bits per heavy atom. The summed E-state index contributed by atoms with van der Waals surface area (Å²) < 4.78 is 1.18. The van der Waals surface area contributed by atoms with Crippen LogP contribution in [0.2, 0.25) is 25.7 Å². The molecule has 6 nitrogen and oxygen atoms in total. The summed E-state index contributed by atoms with van der Waals surface area (Å²) in [5.74, 6) is -0.440. The molecular weight excluding hydrogens is 250 g/mol. The van der Waals surface area contributed by atoms with Crippen LogP contribution in [0.25, 0.3) is 0 Å². The number of aryl methyl sites for hydroxylation is 1. The van der Waals surface area contributed by atoms with Gasteiger partial charge in [0.2, 0.25) is 0 Å². The number of rotatable bonds is 4. The normalized spacial score (nSPS) is 11.3. The van der Waals surface area contributed by atoms with Crippen LogP contribution in [0.3, 0.4) is 0 Å². The van der Waals surface area contributed by atoms with Crippen LogP contribution in [0, 0.1) is 0 Å². The maximum atomic E-state index is 11.8. The SMILES string of the molecule is Cn1cc(C(=O)NCC[Si](C)(C)C)c(=O)[nH]c1=O. The van der Waals surface area contributed by atoms with Gasteiger partial charge in [-0.3, -0.25) is 14.6 Å². The maximum Gasteiger partial charge on any atom is 0.328 e. The van der Waals surface area contributed by atoms with Crippen molar-refractivity contribution in [2.24, 2.45) is 7.05 Å². The van der Waals surface area contributed by atoms with Gasteiger partial charge in [-0.2, -0.15) is 0 Å². The number of carbonyl (C=O) groups excluding carboxylic acids is 1. The summed E-state index contributed by atoms with van der Waals surface area (Å²) in [4.78, 5) is 36.5. The van der Waals surface area contributed by atoms with E-state index in [1.165, 1.54) is 17.8 Å². The van der Waals surface area contributed by atoms with Gasteiger partial charge in [0.05, 0.1) is 0 Å². The number of amides is 1. The quantitative estimate of drug-likeness (QED) is 0.763. The summed E-state index contributed by atoms with van der Waals surface area (Å²) >= 11 is 0. The topological polar surface area (TPSA) is 84.0 Å². The second-order valence-electron chi connectivity index (χ2n) is 5.48. The van der Waals surface area contributed by atoms with Gasteiger partial charge in [-0.15, -0.1) is 0 Å². The Bertz CT molecular complexity index is 554. The minimum absolute atomic E-state index is 0.0346. The Morgan fingerprint density at radius 2 is 2.00 bits per heavy atom. The fourth-order valence-electron chi connectivity index (χ4n) is 1.37. The van der Waals surface area contributed by atoms with E-state index in [-0.39, 0.29) is 5.56 Å². The Labute approximate surface area is 106 Å². The van der Waals surface area contributed by atoms with E-state index in [0.29, 0.717) is 6.54 Å². The van der Waals surface area contributed by atoms with E-state index >= 15 is 0 Å². The predicted octanol–water partition coefficient (Wildman–Crippen LogP) is 0.142. The summed E-state index contributed by atoms with van der Waals surface area (Å²) in [6.45, 7) is 7.17. The Kier molecular flexibility index (Phi) is 4.28. The number of hydrogen-bond acceptors (Lipinski definition) is 3. The van der Waals surface area contributed by atoms with Gasteiger partial charge >= 0.3 is 5.69 Å². The first-order chi connectivity index (χ1) is 8.20. The Balaban J connectivity index is 2.77. The fraction of sp³-hybridized carbons (Fsp3) is 0.545. The fourth-order valence-corrected chi connectivity index (χ4v) is 2.25. The molecule has 0 aromatic carbocycles. The van der Waals surface area contributed by atoms with Crippen molar-refractivity contribution in [2.75, 3.05) is 6.54 Å². The molecule has 1 aromatic rings. The lowest BCUT2D eigenvalue weighted by molar-refractivity contribution is 0.0953. The van der Waals surface area contributed by atoms with Crippen molar-refractivity contribution in [1.29, 1.82) is 0 Å². The van der Waals surface area contributed by atoms with E-state index in [2.05, 4.69) is 29.9 Å². The molecule has 0 spiro atoms. The lowest BCUT2D eigenvalue weighted by Crippen LogP contribution is -2.37. The third kappa shape index (κ3) is 3.99. The van der Waals surface area contributed by atoms with Crippen LogP contribution in [0.5, 0.6) is 0 Å². The number of nitrogens with zero attached hydrogens (tertiary/aromatic N) is 1. The van der Waals surface area contributed by atoms with Crippen LogP contribution in [0.4, 0.5) is 0 Å². The summed E-state index contributed by atoms with van der Waals surface area (Å²) in [7, 11) is 0.269. The molecule has 1 heterocycles. The van der Waals surface area contributed by atoms with Crippen molar-refractivity contribution < 1.29 is 4.79 Å². The molecule has 0 aliphatic heterocycles. The van der Waals surface area contributed by atoms with Crippen molar-refractivity contribution >= 4 is 14.0 Å². The second-order valence-corrected chi connectivity index (χ2v) is 11.1. The molecule has 0 atom stereocenters. The number of aromatic nitrogens is 2. The minimum atomic E-state index is -1.21. The lowest BCUT2D eigenvalue weighted by atomic mass is 10.3. The highest BCUT2D eigenvalue weighted by atomic mass is 28.3. The van der Waals surface area contributed by atoms with Crippen LogP contribution in [-0.2, 0) is 7.05 Å². The van der Waals surface area contributed by atoms with Crippen LogP contribution >= 0.6 is 0 Å². The number of carbonyl (C=O) groups is 1. The van der Waals surface area contributed by atoms with Gasteiger partial charge in [-0.05, 0) is 6.04 Å². The molecule has 7 heteroatoms. The van der Waals surface area contributed by atoms with Crippen molar-refractivity contribution in [3.8, 4) is 0 Å². The van der Waals surface area contributed by atoms with Crippen molar-refractivity contribution in [1.82, 2.24) is 14.9 Å². The van der Waals surface area contributed by atoms with Gasteiger partial charge in [0.15, 0.2) is 0 Å². The number of nitrogens with one attached hydrogen (secondary N) is 2. The van der Waals surface area contributed by atoms with Gasteiger partial charge in [0.25, 0.3) is 11.5 Å². The van der Waals surface area contributed by atoms with Gasteiger partial charge in [0.1, 0.15) is 5.56 Å². The average molecular weight is 269 g/mol. The van der Waals surface area contributed by atoms with E-state index in [1.54, 1.807) is 0 Å². The van der Waals surface area contributed by atoms with Crippen LogP contribution < -0.4 is 16.6 Å². The summed E-state index contributed by atoms with van der Waals surface area (Å²) in [5.41, 5.74) is -1.21. The zero-order valence-electron chi connectivity index (χ0n) is 11.2. The largest absolute Gasteiger partial charge is 0.352 e. The molecule has 1 rings (SSSR count). The first-order valence-corrected chi connectivity index (χ1v) is 9.49. The average Bonchev–Trinajstić information content (AvgIpc) is 2.21. The van der Waals surface area contributed by atoms with Crippen molar-refractivity contribution in [3.63, 3.8) is 0 Å². The summed E-state index contributed by atoms with van der Waals surface area (Å²) in [6.07, 6.45) is 1.25. The third-order valence-corrected chi connectivity index (χ3v) is 4.26. The molecule has 0 bridgehead atoms. The molecule has 0 fully saturated rings. The van der Waals surface area contributed by atoms with Crippen LogP contribution in [0.1, 0.15) is 10.4 Å². The second kappa shape index (κ2) is 5.34. The number of H-pyrrole nitrogens is 1.